The van der Waals surface area contributed by atoms with Crippen molar-refractivity contribution in [3.63, 3.8) is 0 Å². The summed E-state index contributed by atoms with van der Waals surface area (Å²) in [5, 5.41) is 0. The lowest BCUT2D eigenvalue weighted by Gasteiger charge is -2.30. The van der Waals surface area contributed by atoms with Crippen molar-refractivity contribution in [1.82, 2.24) is 9.80 Å². The first-order valence-corrected chi connectivity index (χ1v) is 8.58. The second-order valence-electron chi connectivity index (χ2n) is 6.74. The molecule has 0 radical (unpaired) electrons. The Morgan fingerprint density at radius 2 is 2.08 bits per heavy atom. The van der Waals surface area contributed by atoms with Crippen molar-refractivity contribution in [1.29, 1.82) is 0 Å². The van der Waals surface area contributed by atoms with Crippen LogP contribution in [0, 0.1) is 5.92 Å². The lowest BCUT2D eigenvalue weighted by Crippen LogP contribution is -2.37. The number of rotatable bonds is 2. The Labute approximate surface area is 141 Å². The summed E-state index contributed by atoms with van der Waals surface area (Å²) in [6.45, 7) is 2.35. The smallest absolute Gasteiger partial charge is 0.228 e. The molecule has 0 unspecified atom stereocenters. The minimum atomic E-state index is -0.222. The van der Waals surface area contributed by atoms with Crippen LogP contribution in [0.4, 0.5) is 0 Å². The zero-order valence-electron chi connectivity index (χ0n) is 13.9. The number of ether oxygens (including phenoxy) is 2. The standard InChI is InChI=1S/C18H22N2O4/c1-19-11-12(10-16(19)21)18(22)20-7-3-5-14(20)13-4-2-6-15-17(13)24-9-8-23-15/h2,4,6,12,14H,3,5,7-11H2,1H3/t12-,14+/m0/s1. The second-order valence-corrected chi connectivity index (χ2v) is 6.74. The average Bonchev–Trinajstić information content (AvgIpc) is 3.21. The Hall–Kier alpha value is -2.24. The van der Waals surface area contributed by atoms with Crippen LogP contribution >= 0.6 is 0 Å². The Balaban J connectivity index is 1.60. The molecule has 0 aromatic heterocycles. The summed E-state index contributed by atoms with van der Waals surface area (Å²) in [6, 6.07) is 5.89. The van der Waals surface area contributed by atoms with Gasteiger partial charge in [0.15, 0.2) is 11.5 Å². The number of para-hydroxylation sites is 1. The molecule has 6 heteroatoms. The van der Waals surface area contributed by atoms with Gasteiger partial charge in [0.2, 0.25) is 11.8 Å². The topological polar surface area (TPSA) is 59.1 Å². The quantitative estimate of drug-likeness (QED) is 0.826. The molecule has 1 aromatic carbocycles. The molecule has 0 aliphatic carbocycles. The molecule has 2 atom stereocenters. The molecule has 0 spiro atoms. The van der Waals surface area contributed by atoms with Gasteiger partial charge >= 0.3 is 0 Å². The first-order chi connectivity index (χ1) is 11.6. The summed E-state index contributed by atoms with van der Waals surface area (Å²) >= 11 is 0. The van der Waals surface area contributed by atoms with E-state index in [4.69, 9.17) is 9.47 Å². The summed E-state index contributed by atoms with van der Waals surface area (Å²) in [7, 11) is 1.76. The van der Waals surface area contributed by atoms with Crippen LogP contribution in [0.2, 0.25) is 0 Å². The van der Waals surface area contributed by atoms with E-state index in [1.807, 2.05) is 23.1 Å². The molecular weight excluding hydrogens is 308 g/mol. The highest BCUT2D eigenvalue weighted by Crippen LogP contribution is 2.43. The molecule has 4 rings (SSSR count). The molecule has 1 aromatic rings. The average molecular weight is 330 g/mol. The summed E-state index contributed by atoms with van der Waals surface area (Å²) < 4.78 is 11.5. The highest BCUT2D eigenvalue weighted by molar-refractivity contribution is 5.89. The Kier molecular flexibility index (Phi) is 3.82. The number of fused-ring (bicyclic) bond motifs is 1. The Morgan fingerprint density at radius 3 is 2.88 bits per heavy atom. The van der Waals surface area contributed by atoms with Crippen LogP contribution in [-0.2, 0) is 9.59 Å². The molecule has 2 amide bonds. The van der Waals surface area contributed by atoms with Gasteiger partial charge in [0.25, 0.3) is 0 Å². The molecule has 6 nitrogen and oxygen atoms in total. The van der Waals surface area contributed by atoms with Gasteiger partial charge in [-0.1, -0.05) is 12.1 Å². The van der Waals surface area contributed by atoms with Crippen molar-refractivity contribution in [2.24, 2.45) is 5.92 Å². The maximum atomic E-state index is 13.0. The van der Waals surface area contributed by atoms with E-state index in [2.05, 4.69) is 0 Å². The third-order valence-electron chi connectivity index (χ3n) is 5.18. The first kappa shape index (κ1) is 15.3. The molecule has 128 valence electrons. The number of hydrogen-bond acceptors (Lipinski definition) is 4. The van der Waals surface area contributed by atoms with E-state index in [1.165, 1.54) is 0 Å². The first-order valence-electron chi connectivity index (χ1n) is 8.58. The zero-order chi connectivity index (χ0) is 16.7. The van der Waals surface area contributed by atoms with Crippen LogP contribution in [-0.4, -0.2) is 55.0 Å². The second kappa shape index (κ2) is 6.00. The summed E-state index contributed by atoms with van der Waals surface area (Å²) in [4.78, 5) is 28.3. The molecule has 3 aliphatic rings. The van der Waals surface area contributed by atoms with E-state index in [1.54, 1.807) is 11.9 Å². The lowest BCUT2D eigenvalue weighted by atomic mass is 10.0. The monoisotopic (exact) mass is 330 g/mol. The largest absolute Gasteiger partial charge is 0.486 e. The molecule has 0 bridgehead atoms. The van der Waals surface area contributed by atoms with Crippen molar-refractivity contribution in [3.05, 3.63) is 23.8 Å². The van der Waals surface area contributed by atoms with Gasteiger partial charge in [-0.15, -0.1) is 0 Å². The molecule has 0 N–H and O–H groups in total. The number of nitrogens with zero attached hydrogens (tertiary/aromatic N) is 2. The number of carbonyl (C=O) groups excluding carboxylic acids is 2. The number of benzene rings is 1. The SMILES string of the molecule is CN1C[C@@H](C(=O)N2CCC[C@@H]2c2cccc3c2OCCO3)CC1=O. The molecule has 3 heterocycles. The van der Waals surface area contributed by atoms with Crippen molar-refractivity contribution < 1.29 is 19.1 Å². The molecular formula is C18H22N2O4. The van der Waals surface area contributed by atoms with Crippen LogP contribution in [0.3, 0.4) is 0 Å². The van der Waals surface area contributed by atoms with Gasteiger partial charge in [0.1, 0.15) is 13.2 Å². The van der Waals surface area contributed by atoms with Crippen molar-refractivity contribution >= 4 is 11.8 Å². The summed E-state index contributed by atoms with van der Waals surface area (Å²) in [5.74, 6) is 1.45. The van der Waals surface area contributed by atoms with Crippen LogP contribution in [0.5, 0.6) is 11.5 Å². The van der Waals surface area contributed by atoms with Gasteiger partial charge < -0.3 is 19.3 Å². The van der Waals surface area contributed by atoms with E-state index in [0.29, 0.717) is 26.2 Å². The number of carbonyl (C=O) groups is 2. The molecule has 2 fully saturated rings. The minimum Gasteiger partial charge on any atom is -0.486 e. The fourth-order valence-corrected chi connectivity index (χ4v) is 3.98. The van der Waals surface area contributed by atoms with Gasteiger partial charge in [-0.3, -0.25) is 9.59 Å². The fraction of sp³-hybridized carbons (Fsp3) is 0.556. The Bertz CT molecular complexity index is 675. The molecule has 0 saturated carbocycles. The summed E-state index contributed by atoms with van der Waals surface area (Å²) in [6.07, 6.45) is 2.21. The van der Waals surface area contributed by atoms with E-state index in [9.17, 15) is 9.59 Å². The van der Waals surface area contributed by atoms with Crippen molar-refractivity contribution in [3.8, 4) is 11.5 Å². The fourth-order valence-electron chi connectivity index (χ4n) is 3.98. The van der Waals surface area contributed by atoms with Gasteiger partial charge in [0, 0.05) is 32.1 Å². The van der Waals surface area contributed by atoms with E-state index >= 15 is 0 Å². The maximum Gasteiger partial charge on any atom is 0.228 e. The van der Waals surface area contributed by atoms with Gasteiger partial charge in [-0.25, -0.2) is 0 Å². The van der Waals surface area contributed by atoms with Crippen molar-refractivity contribution in [2.75, 3.05) is 33.4 Å². The Morgan fingerprint density at radius 1 is 1.25 bits per heavy atom. The minimum absolute atomic E-state index is 0.00941. The lowest BCUT2D eigenvalue weighted by molar-refractivity contribution is -0.136. The van der Waals surface area contributed by atoms with Crippen LogP contribution in [0.1, 0.15) is 30.9 Å². The van der Waals surface area contributed by atoms with Crippen molar-refractivity contribution in [2.45, 2.75) is 25.3 Å². The van der Waals surface area contributed by atoms with E-state index < -0.39 is 0 Å². The predicted octanol–water partition coefficient (Wildman–Crippen LogP) is 1.60. The van der Waals surface area contributed by atoms with Gasteiger partial charge in [-0.2, -0.15) is 0 Å². The number of hydrogen-bond donors (Lipinski definition) is 0. The highest BCUT2D eigenvalue weighted by Gasteiger charge is 2.40. The van der Waals surface area contributed by atoms with Crippen LogP contribution in [0.15, 0.2) is 18.2 Å². The van der Waals surface area contributed by atoms with E-state index in [0.717, 1.165) is 36.4 Å². The van der Waals surface area contributed by atoms with Gasteiger partial charge in [-0.05, 0) is 18.9 Å². The van der Waals surface area contributed by atoms with Crippen LogP contribution < -0.4 is 9.47 Å². The van der Waals surface area contributed by atoms with E-state index in [-0.39, 0.29) is 23.8 Å². The summed E-state index contributed by atoms with van der Waals surface area (Å²) in [5.41, 5.74) is 1.02. The number of likely N-dealkylation sites (tertiary alicyclic amines) is 2. The predicted molar refractivity (Wildman–Crippen MR) is 86.9 cm³/mol. The number of amides is 2. The molecule has 2 saturated heterocycles. The molecule has 24 heavy (non-hydrogen) atoms. The zero-order valence-corrected chi connectivity index (χ0v) is 13.9. The molecule has 3 aliphatic heterocycles. The highest BCUT2D eigenvalue weighted by atomic mass is 16.6. The third kappa shape index (κ3) is 2.50. The van der Waals surface area contributed by atoms with Gasteiger partial charge in [0.05, 0.1) is 12.0 Å². The maximum absolute atomic E-state index is 13.0. The van der Waals surface area contributed by atoms with Crippen LogP contribution in [0.25, 0.3) is 0 Å². The third-order valence-corrected chi connectivity index (χ3v) is 5.18. The normalized spacial score (nSPS) is 26.1.